The first-order chi connectivity index (χ1) is 14.5. The number of pyridine rings is 1. The number of aromatic nitrogens is 5. The number of H-pyrrole nitrogens is 1. The molecule has 1 N–H and O–H groups in total. The lowest BCUT2D eigenvalue weighted by molar-refractivity contribution is 0.190. The van der Waals surface area contributed by atoms with Gasteiger partial charge < -0.3 is 9.64 Å². The first kappa shape index (κ1) is 18.8. The Balaban J connectivity index is 1.56. The Morgan fingerprint density at radius 2 is 1.90 bits per heavy atom. The first-order valence-electron chi connectivity index (χ1n) is 10.3. The Hall–Kier alpha value is -3.19. The van der Waals surface area contributed by atoms with Gasteiger partial charge in [0.25, 0.3) is 0 Å². The fourth-order valence-corrected chi connectivity index (χ4v) is 4.36. The largest absolute Gasteiger partial charge is 0.493 e. The number of likely N-dealkylation sites (N-methyl/N-ethyl adjacent to an activating group) is 1. The van der Waals surface area contributed by atoms with Gasteiger partial charge in [0.05, 0.1) is 18.5 Å². The maximum Gasteiger partial charge on any atom is 0.197 e. The zero-order valence-corrected chi connectivity index (χ0v) is 17.8. The van der Waals surface area contributed by atoms with Gasteiger partial charge in [0.15, 0.2) is 11.4 Å². The van der Waals surface area contributed by atoms with Crippen LogP contribution in [0.4, 0.5) is 0 Å². The summed E-state index contributed by atoms with van der Waals surface area (Å²) in [6.07, 6.45) is 3.50. The summed E-state index contributed by atoms with van der Waals surface area (Å²) in [4.78, 5) is 6.61. The van der Waals surface area contributed by atoms with E-state index < -0.39 is 0 Å². The summed E-state index contributed by atoms with van der Waals surface area (Å²) in [6.45, 7) is 6.66. The van der Waals surface area contributed by atoms with E-state index in [0.29, 0.717) is 23.2 Å². The first-order valence-corrected chi connectivity index (χ1v) is 10.3. The van der Waals surface area contributed by atoms with Crippen LogP contribution in [0.2, 0.25) is 0 Å². The summed E-state index contributed by atoms with van der Waals surface area (Å²) in [5, 5.41) is 12.3. The average Bonchev–Trinajstić information content (AvgIpc) is 3.38. The molecule has 1 aromatic carbocycles. The van der Waals surface area contributed by atoms with E-state index in [1.807, 2.05) is 12.3 Å². The standard InChI is InChI=1S/C23H26N6O/c1-14(2)20-21(16-7-5-15(6-8-16)18-10-28(3)11-18)26-27-22(20)17-9-19(30-4)23-24-13-25-29(23)12-17/h5-9,12-14,18H,10-11H2,1-4H3,(H,26,27). The summed E-state index contributed by atoms with van der Waals surface area (Å²) in [7, 11) is 3.81. The number of ether oxygens (including phenoxy) is 1. The SMILES string of the molecule is COc1cc(-c2[nH]nc(-c3ccc(C4CN(C)C4)cc3)c2C(C)C)cn2ncnc12. The molecule has 0 radical (unpaired) electrons. The molecule has 1 aliphatic heterocycles. The molecular weight excluding hydrogens is 376 g/mol. The normalized spacial score (nSPS) is 15.1. The molecule has 7 nitrogen and oxygen atoms in total. The van der Waals surface area contributed by atoms with E-state index in [2.05, 4.69) is 65.2 Å². The molecule has 4 heterocycles. The molecule has 30 heavy (non-hydrogen) atoms. The molecule has 1 saturated heterocycles. The van der Waals surface area contributed by atoms with Crippen molar-refractivity contribution in [3.63, 3.8) is 0 Å². The van der Waals surface area contributed by atoms with Crippen LogP contribution in [0, 0.1) is 0 Å². The number of fused-ring (bicyclic) bond motifs is 1. The maximum atomic E-state index is 5.54. The highest BCUT2D eigenvalue weighted by Crippen LogP contribution is 2.37. The lowest BCUT2D eigenvalue weighted by atomic mass is 9.90. The smallest absolute Gasteiger partial charge is 0.197 e. The molecular formula is C23H26N6O. The van der Waals surface area contributed by atoms with Gasteiger partial charge in [-0.3, -0.25) is 5.10 Å². The van der Waals surface area contributed by atoms with E-state index >= 15 is 0 Å². The van der Waals surface area contributed by atoms with Gasteiger partial charge in [-0.25, -0.2) is 9.50 Å². The lowest BCUT2D eigenvalue weighted by Crippen LogP contribution is -2.41. The number of rotatable bonds is 5. The van der Waals surface area contributed by atoms with E-state index in [9.17, 15) is 0 Å². The minimum atomic E-state index is 0.297. The molecule has 7 heteroatoms. The van der Waals surface area contributed by atoms with Crippen molar-refractivity contribution in [1.82, 2.24) is 29.7 Å². The zero-order chi connectivity index (χ0) is 20.8. The van der Waals surface area contributed by atoms with Crippen molar-refractivity contribution in [2.75, 3.05) is 27.2 Å². The van der Waals surface area contributed by atoms with Crippen LogP contribution in [0.5, 0.6) is 5.75 Å². The Morgan fingerprint density at radius 1 is 1.13 bits per heavy atom. The molecule has 0 saturated carbocycles. The fourth-order valence-electron chi connectivity index (χ4n) is 4.36. The molecule has 154 valence electrons. The number of hydrogen-bond acceptors (Lipinski definition) is 5. The van der Waals surface area contributed by atoms with Gasteiger partial charge in [-0.05, 0) is 24.6 Å². The summed E-state index contributed by atoms with van der Waals surface area (Å²) in [5.41, 5.74) is 7.38. The minimum absolute atomic E-state index is 0.297. The minimum Gasteiger partial charge on any atom is -0.493 e. The van der Waals surface area contributed by atoms with Crippen LogP contribution in [0.1, 0.15) is 36.8 Å². The topological polar surface area (TPSA) is 71.3 Å². The van der Waals surface area contributed by atoms with E-state index in [4.69, 9.17) is 9.84 Å². The van der Waals surface area contributed by atoms with Crippen LogP contribution in [0.25, 0.3) is 28.2 Å². The van der Waals surface area contributed by atoms with Crippen LogP contribution in [0.15, 0.2) is 42.9 Å². The van der Waals surface area contributed by atoms with E-state index in [0.717, 1.165) is 35.6 Å². The quantitative estimate of drug-likeness (QED) is 0.547. The Bertz CT molecular complexity index is 1180. The molecule has 1 fully saturated rings. The summed E-state index contributed by atoms with van der Waals surface area (Å²) in [6, 6.07) is 10.9. The molecule has 0 spiro atoms. The summed E-state index contributed by atoms with van der Waals surface area (Å²) < 4.78 is 7.28. The highest BCUT2D eigenvalue weighted by atomic mass is 16.5. The molecule has 1 aliphatic rings. The number of aromatic amines is 1. The molecule has 0 aliphatic carbocycles. The molecule has 0 atom stereocenters. The van der Waals surface area contributed by atoms with E-state index in [1.54, 1.807) is 11.6 Å². The third kappa shape index (κ3) is 3.06. The van der Waals surface area contributed by atoms with Crippen molar-refractivity contribution in [3.05, 3.63) is 54.0 Å². The number of methoxy groups -OCH3 is 1. The Labute approximate surface area is 175 Å². The molecule has 5 rings (SSSR count). The average molecular weight is 403 g/mol. The van der Waals surface area contributed by atoms with Crippen LogP contribution < -0.4 is 4.74 Å². The molecule has 4 aromatic rings. The van der Waals surface area contributed by atoms with Gasteiger partial charge in [0.2, 0.25) is 0 Å². The van der Waals surface area contributed by atoms with Crippen LogP contribution in [-0.2, 0) is 0 Å². The third-order valence-electron chi connectivity index (χ3n) is 5.95. The monoisotopic (exact) mass is 402 g/mol. The third-order valence-corrected chi connectivity index (χ3v) is 5.95. The van der Waals surface area contributed by atoms with Gasteiger partial charge in [0, 0.05) is 41.9 Å². The van der Waals surface area contributed by atoms with Crippen LogP contribution in [0.3, 0.4) is 0 Å². The Kier molecular flexibility index (Phi) is 4.55. The number of hydrogen-bond donors (Lipinski definition) is 1. The summed E-state index contributed by atoms with van der Waals surface area (Å²) in [5.74, 6) is 1.63. The molecule has 0 bridgehead atoms. The zero-order valence-electron chi connectivity index (χ0n) is 17.8. The fraction of sp³-hybridized carbons (Fsp3) is 0.348. The second-order valence-corrected chi connectivity index (χ2v) is 8.38. The number of nitrogens with one attached hydrogen (secondary N) is 1. The van der Waals surface area contributed by atoms with Crippen molar-refractivity contribution in [3.8, 4) is 28.3 Å². The van der Waals surface area contributed by atoms with Gasteiger partial charge in [-0.15, -0.1) is 0 Å². The number of likely N-dealkylation sites (tertiary alicyclic amines) is 1. The van der Waals surface area contributed by atoms with Crippen molar-refractivity contribution in [1.29, 1.82) is 0 Å². The maximum absolute atomic E-state index is 5.54. The van der Waals surface area contributed by atoms with Crippen LogP contribution >= 0.6 is 0 Å². The predicted octanol–water partition coefficient (Wildman–Crippen LogP) is 3.95. The number of nitrogens with zero attached hydrogens (tertiary/aromatic N) is 5. The Morgan fingerprint density at radius 3 is 2.57 bits per heavy atom. The lowest BCUT2D eigenvalue weighted by Gasteiger charge is -2.36. The highest BCUT2D eigenvalue weighted by molar-refractivity contribution is 5.76. The van der Waals surface area contributed by atoms with E-state index in [-0.39, 0.29) is 0 Å². The van der Waals surface area contributed by atoms with Crippen molar-refractivity contribution in [2.45, 2.75) is 25.7 Å². The predicted molar refractivity (Wildman–Crippen MR) is 117 cm³/mol. The van der Waals surface area contributed by atoms with Crippen LogP contribution in [-0.4, -0.2) is 56.9 Å². The second kappa shape index (κ2) is 7.25. The van der Waals surface area contributed by atoms with Crippen molar-refractivity contribution < 1.29 is 4.74 Å². The van der Waals surface area contributed by atoms with Gasteiger partial charge in [-0.2, -0.15) is 10.2 Å². The van der Waals surface area contributed by atoms with Crippen molar-refractivity contribution in [2.24, 2.45) is 0 Å². The van der Waals surface area contributed by atoms with Gasteiger partial charge >= 0.3 is 0 Å². The molecule has 0 amide bonds. The van der Waals surface area contributed by atoms with Crippen molar-refractivity contribution >= 4 is 5.65 Å². The number of benzene rings is 1. The van der Waals surface area contributed by atoms with Gasteiger partial charge in [-0.1, -0.05) is 38.1 Å². The highest BCUT2D eigenvalue weighted by Gasteiger charge is 2.25. The van der Waals surface area contributed by atoms with E-state index in [1.165, 1.54) is 17.5 Å². The van der Waals surface area contributed by atoms with Gasteiger partial charge in [0.1, 0.15) is 6.33 Å². The molecule has 3 aromatic heterocycles. The molecule has 0 unspecified atom stereocenters. The summed E-state index contributed by atoms with van der Waals surface area (Å²) >= 11 is 0. The second-order valence-electron chi connectivity index (χ2n) is 8.38.